The molecule has 0 bridgehead atoms. The summed E-state index contributed by atoms with van der Waals surface area (Å²) in [6.45, 7) is 14.6. The summed E-state index contributed by atoms with van der Waals surface area (Å²) in [4.78, 5) is 59.8. The molecule has 1 aliphatic carbocycles. The van der Waals surface area contributed by atoms with E-state index in [2.05, 4.69) is 66.1 Å². The van der Waals surface area contributed by atoms with Gasteiger partial charge >= 0.3 is 0 Å². The minimum absolute atomic E-state index is 0.0148. The van der Waals surface area contributed by atoms with Crippen molar-refractivity contribution in [2.24, 2.45) is 16.2 Å². The fourth-order valence-electron chi connectivity index (χ4n) is 9.28. The number of likely N-dealkylation sites (tertiary alicyclic amines) is 1. The lowest BCUT2D eigenvalue weighted by Crippen LogP contribution is -2.74. The lowest BCUT2D eigenvalue weighted by Gasteiger charge is -2.63. The van der Waals surface area contributed by atoms with Crippen molar-refractivity contribution >= 4 is 41.0 Å². The average molecular weight is 916 g/mol. The summed E-state index contributed by atoms with van der Waals surface area (Å²) in [6, 6.07) is 25.2. The minimum atomic E-state index is -0.914. The second-order valence-corrected chi connectivity index (χ2v) is 19.9. The Labute approximate surface area is 392 Å². The van der Waals surface area contributed by atoms with E-state index in [0.717, 1.165) is 16.7 Å². The monoisotopic (exact) mass is 914 g/mol. The first-order valence-electron chi connectivity index (χ1n) is 22.2. The number of aliphatic hydroxyl groups excluding tert-OH is 1. The lowest BCUT2D eigenvalue weighted by molar-refractivity contribution is -0.164. The van der Waals surface area contributed by atoms with E-state index in [1.54, 1.807) is 60.8 Å². The van der Waals surface area contributed by atoms with Gasteiger partial charge in [-0.1, -0.05) is 84.3 Å². The number of ether oxygens (including phenoxy) is 1. The van der Waals surface area contributed by atoms with Crippen LogP contribution in [0, 0.1) is 38.9 Å². The van der Waals surface area contributed by atoms with Crippen LogP contribution in [-0.4, -0.2) is 82.0 Å². The molecule has 3 atom stereocenters. The van der Waals surface area contributed by atoms with Crippen molar-refractivity contribution in [1.82, 2.24) is 25.8 Å². The number of carbonyl (C=O) groups excluding carboxylic acids is 4. The number of hydrogen-bond acceptors (Lipinski definition) is 10. The highest BCUT2D eigenvalue weighted by Gasteiger charge is 2.64. The van der Waals surface area contributed by atoms with Crippen molar-refractivity contribution in [3.05, 3.63) is 112 Å². The van der Waals surface area contributed by atoms with Crippen molar-refractivity contribution in [2.45, 2.75) is 111 Å². The lowest BCUT2D eigenvalue weighted by atomic mass is 9.49. The molecule has 14 nitrogen and oxygen atoms in total. The Kier molecular flexibility index (Phi) is 15.1. The molecule has 0 spiro atoms. The number of nitrogens with zero attached hydrogens (tertiary/aromatic N) is 4. The number of pyridine rings is 1. The van der Waals surface area contributed by atoms with Crippen molar-refractivity contribution in [1.29, 1.82) is 10.5 Å². The number of amides is 4. The highest BCUT2D eigenvalue weighted by Crippen LogP contribution is 2.55. The number of halogens is 1. The number of hydrogen-bond donors (Lipinski definition) is 5. The zero-order valence-electron chi connectivity index (χ0n) is 38.6. The smallest absolute Gasteiger partial charge is 0.251 e. The number of rotatable bonds is 16. The summed E-state index contributed by atoms with van der Waals surface area (Å²) in [5.41, 5.74) is 2.55. The van der Waals surface area contributed by atoms with Gasteiger partial charge in [-0.15, -0.1) is 0 Å². The average Bonchev–Trinajstić information content (AvgIpc) is 3.69. The van der Waals surface area contributed by atoms with Gasteiger partial charge in [0.15, 0.2) is 0 Å². The van der Waals surface area contributed by atoms with Gasteiger partial charge in [-0.05, 0) is 77.9 Å². The van der Waals surface area contributed by atoms with Gasteiger partial charge in [0.2, 0.25) is 17.7 Å². The Hall–Kier alpha value is -6.48. The second kappa shape index (κ2) is 20.4. The quantitative estimate of drug-likeness (QED) is 0.0717. The molecule has 2 fully saturated rings. The summed E-state index contributed by atoms with van der Waals surface area (Å²) in [7, 11) is 0. The van der Waals surface area contributed by atoms with Gasteiger partial charge in [-0.2, -0.15) is 10.5 Å². The largest absolute Gasteiger partial charge is 0.489 e. The SMILES string of the molecule is CC1(C)C(NC(=O)c2ccc(-c3ccc(NCCCCC(=O)N[C@H](C(=O)N4C[C@H](O)C[C@H]4C(=O)NCc4ccc(C#N)cc4)C(C)(C)C)nc3)cc2)C(C)(C)C1Oc1ccc(C#N)c(Cl)c1. The second-order valence-electron chi connectivity index (χ2n) is 19.5. The van der Waals surface area contributed by atoms with E-state index >= 15 is 0 Å². The zero-order chi connectivity index (χ0) is 48.0. The van der Waals surface area contributed by atoms with Crippen LogP contribution < -0.4 is 26.0 Å². The molecule has 6 rings (SSSR count). The van der Waals surface area contributed by atoms with Crippen molar-refractivity contribution in [2.75, 3.05) is 18.4 Å². The fraction of sp³-hybridized carbons (Fsp3) is 0.431. The van der Waals surface area contributed by atoms with E-state index < -0.39 is 46.2 Å². The number of nitrogens with one attached hydrogen (secondary N) is 4. The number of unbranched alkanes of at least 4 members (excludes halogenated alkanes) is 1. The zero-order valence-corrected chi connectivity index (χ0v) is 39.3. The molecule has 2 heterocycles. The highest BCUT2D eigenvalue weighted by atomic mass is 35.5. The molecular weight excluding hydrogens is 856 g/mol. The molecule has 3 aromatic carbocycles. The van der Waals surface area contributed by atoms with Gasteiger partial charge < -0.3 is 36.0 Å². The Morgan fingerprint density at radius 3 is 2.21 bits per heavy atom. The van der Waals surface area contributed by atoms with Crippen LogP contribution in [0.15, 0.2) is 85.1 Å². The topological polar surface area (TPSA) is 210 Å². The molecule has 2 aliphatic rings. The Morgan fingerprint density at radius 2 is 1.61 bits per heavy atom. The van der Waals surface area contributed by atoms with E-state index in [-0.39, 0.29) is 49.9 Å². The van der Waals surface area contributed by atoms with E-state index in [4.69, 9.17) is 21.6 Å². The molecule has 4 amide bonds. The van der Waals surface area contributed by atoms with Gasteiger partial charge in [0.1, 0.15) is 35.8 Å². The molecular formula is C51H59ClN8O6. The van der Waals surface area contributed by atoms with Crippen LogP contribution in [0.1, 0.15) is 101 Å². The maximum Gasteiger partial charge on any atom is 0.251 e. The minimum Gasteiger partial charge on any atom is -0.489 e. The molecule has 346 valence electrons. The van der Waals surface area contributed by atoms with E-state index in [1.165, 1.54) is 4.90 Å². The molecule has 15 heteroatoms. The third kappa shape index (κ3) is 11.3. The highest BCUT2D eigenvalue weighted by molar-refractivity contribution is 6.31. The van der Waals surface area contributed by atoms with Gasteiger partial charge in [0.25, 0.3) is 5.91 Å². The number of carbonyl (C=O) groups is 4. The molecule has 66 heavy (non-hydrogen) atoms. The van der Waals surface area contributed by atoms with Crippen LogP contribution in [0.4, 0.5) is 5.82 Å². The van der Waals surface area contributed by atoms with Gasteiger partial charge in [-0.25, -0.2) is 4.98 Å². The first-order valence-corrected chi connectivity index (χ1v) is 22.6. The van der Waals surface area contributed by atoms with Gasteiger partial charge in [0.05, 0.1) is 28.3 Å². The number of benzene rings is 3. The van der Waals surface area contributed by atoms with Crippen molar-refractivity contribution in [3.8, 4) is 29.0 Å². The fourth-order valence-corrected chi connectivity index (χ4v) is 9.49. The summed E-state index contributed by atoms with van der Waals surface area (Å²) in [6.07, 6.45) is 2.18. The Bertz CT molecular complexity index is 2470. The summed E-state index contributed by atoms with van der Waals surface area (Å²) >= 11 is 6.24. The number of aromatic nitrogens is 1. The summed E-state index contributed by atoms with van der Waals surface area (Å²) in [5.74, 6) is -0.0296. The van der Waals surface area contributed by atoms with Crippen LogP contribution in [0.2, 0.25) is 5.02 Å². The molecule has 0 radical (unpaired) electrons. The van der Waals surface area contributed by atoms with E-state index in [0.29, 0.717) is 52.7 Å². The molecule has 1 aromatic heterocycles. The normalized spacial score (nSPS) is 19.8. The third-order valence-electron chi connectivity index (χ3n) is 12.6. The predicted molar refractivity (Wildman–Crippen MR) is 252 cm³/mol. The first-order chi connectivity index (χ1) is 31.2. The Morgan fingerprint density at radius 1 is 0.924 bits per heavy atom. The molecule has 5 N–H and O–H groups in total. The van der Waals surface area contributed by atoms with Gasteiger partial charge in [0, 0.05) is 72.7 Å². The molecule has 1 saturated heterocycles. The predicted octanol–water partition coefficient (Wildman–Crippen LogP) is 7.15. The maximum absolute atomic E-state index is 13.9. The summed E-state index contributed by atoms with van der Waals surface area (Å²) in [5, 5.41) is 41.4. The number of anilines is 1. The third-order valence-corrected chi connectivity index (χ3v) is 13.0. The molecule has 1 saturated carbocycles. The van der Waals surface area contributed by atoms with Crippen LogP contribution in [0.25, 0.3) is 11.1 Å². The van der Waals surface area contributed by atoms with Gasteiger partial charge in [-0.3, -0.25) is 19.2 Å². The van der Waals surface area contributed by atoms with Crippen molar-refractivity contribution in [3.63, 3.8) is 0 Å². The van der Waals surface area contributed by atoms with Crippen LogP contribution in [-0.2, 0) is 20.9 Å². The maximum atomic E-state index is 13.9. The number of β-amino-alcohol motifs (C(OH)–C–C–N with tert-alkyl or cyclic N) is 1. The molecule has 1 aliphatic heterocycles. The first kappa shape index (κ1) is 49.0. The van der Waals surface area contributed by atoms with Crippen molar-refractivity contribution < 1.29 is 29.0 Å². The van der Waals surface area contributed by atoms with E-state index in [9.17, 15) is 29.5 Å². The Balaban J connectivity index is 0.936. The van der Waals surface area contributed by atoms with Crippen LogP contribution >= 0.6 is 11.6 Å². The van der Waals surface area contributed by atoms with Crippen LogP contribution in [0.3, 0.4) is 0 Å². The standard InChI is InChI=1S/C51H59ClN8O6/c1-49(2,3)43(46(65)60-30-37(61)24-40(60)45(64)57-28-32-13-11-31(26-53)12-14-32)58-42(62)10-8-9-23-55-41-22-20-36(29-56-41)33-15-17-34(18-16-33)44(63)59-47-50(4,5)48(51(47,6)7)66-38-21-19-35(27-54)39(52)25-38/h11-22,25,29,37,40,43,47-48,61H,8-10,23-24,28,30H2,1-7H3,(H,55,56)(H,57,64)(H,58,62)(H,59,63)/t37-,40+,43-,47?,48?/m1/s1. The van der Waals surface area contributed by atoms with E-state index in [1.807, 2.05) is 45.0 Å². The number of nitriles is 2. The van der Waals surface area contributed by atoms with Crippen LogP contribution in [0.5, 0.6) is 5.75 Å². The molecule has 4 aromatic rings. The summed E-state index contributed by atoms with van der Waals surface area (Å²) < 4.78 is 6.36. The number of aliphatic hydroxyl groups is 1. The molecule has 0 unspecified atom stereocenters.